The molecule has 2 rings (SSSR count). The molecule has 0 aliphatic carbocycles. The molecule has 0 amide bonds. The Balaban J connectivity index is 2.28. The fourth-order valence-electron chi connectivity index (χ4n) is 1.55. The number of cyclic esters (lactones) is 1. The molecule has 1 aliphatic heterocycles. The second kappa shape index (κ2) is 4.70. The second-order valence-corrected chi connectivity index (χ2v) is 4.30. The average molecular weight is 283 g/mol. The fraction of sp³-hybridized carbons (Fsp3) is 0.250. The Hall–Kier alpha value is -1.29. The summed E-state index contributed by atoms with van der Waals surface area (Å²) in [5.41, 5.74) is 1.68. The number of hydrogen-bond acceptors (Lipinski definition) is 3. The molecule has 1 aromatic rings. The number of esters is 1. The van der Waals surface area contributed by atoms with Gasteiger partial charge in [0.1, 0.15) is 5.75 Å². The summed E-state index contributed by atoms with van der Waals surface area (Å²) >= 11 is 3.40. The van der Waals surface area contributed by atoms with E-state index in [0.29, 0.717) is 13.0 Å². The molecule has 1 saturated heterocycles. The van der Waals surface area contributed by atoms with Gasteiger partial charge < -0.3 is 9.47 Å². The summed E-state index contributed by atoms with van der Waals surface area (Å²) in [4.78, 5) is 11.3. The SMILES string of the molecule is COc1ccc(/C=C2\CCOC2=O)cc1Br. The van der Waals surface area contributed by atoms with Crippen molar-refractivity contribution in [2.24, 2.45) is 0 Å². The highest BCUT2D eigenvalue weighted by atomic mass is 79.9. The van der Waals surface area contributed by atoms with Gasteiger partial charge in [0, 0.05) is 12.0 Å². The maximum atomic E-state index is 11.3. The van der Waals surface area contributed by atoms with E-state index in [1.54, 1.807) is 7.11 Å². The summed E-state index contributed by atoms with van der Waals surface area (Å²) in [6, 6.07) is 5.68. The highest BCUT2D eigenvalue weighted by Gasteiger charge is 2.18. The largest absolute Gasteiger partial charge is 0.496 e. The van der Waals surface area contributed by atoms with Crippen LogP contribution in [0.3, 0.4) is 0 Å². The molecule has 0 radical (unpaired) electrons. The molecule has 0 N–H and O–H groups in total. The first-order chi connectivity index (χ1) is 7.70. The molecular formula is C12H11BrO3. The van der Waals surface area contributed by atoms with Gasteiger partial charge in [-0.2, -0.15) is 0 Å². The maximum absolute atomic E-state index is 11.3. The number of benzene rings is 1. The highest BCUT2D eigenvalue weighted by molar-refractivity contribution is 9.10. The van der Waals surface area contributed by atoms with Crippen LogP contribution in [0.25, 0.3) is 6.08 Å². The van der Waals surface area contributed by atoms with Crippen LogP contribution < -0.4 is 4.74 Å². The van der Waals surface area contributed by atoms with Crippen LogP contribution in [-0.4, -0.2) is 19.7 Å². The van der Waals surface area contributed by atoms with Crippen molar-refractivity contribution in [3.8, 4) is 5.75 Å². The van der Waals surface area contributed by atoms with Crippen LogP contribution in [0.2, 0.25) is 0 Å². The highest BCUT2D eigenvalue weighted by Crippen LogP contribution is 2.27. The summed E-state index contributed by atoms with van der Waals surface area (Å²) in [7, 11) is 1.62. The van der Waals surface area contributed by atoms with Crippen molar-refractivity contribution < 1.29 is 14.3 Å². The summed E-state index contributed by atoms with van der Waals surface area (Å²) < 4.78 is 10.9. The van der Waals surface area contributed by atoms with E-state index in [9.17, 15) is 4.79 Å². The van der Waals surface area contributed by atoms with Gasteiger partial charge in [0.05, 0.1) is 18.2 Å². The van der Waals surface area contributed by atoms with Crippen LogP contribution in [0.1, 0.15) is 12.0 Å². The van der Waals surface area contributed by atoms with Crippen molar-refractivity contribution in [2.45, 2.75) is 6.42 Å². The van der Waals surface area contributed by atoms with Gasteiger partial charge in [-0.25, -0.2) is 4.79 Å². The van der Waals surface area contributed by atoms with Crippen molar-refractivity contribution >= 4 is 28.0 Å². The first-order valence-corrected chi connectivity index (χ1v) is 5.71. The van der Waals surface area contributed by atoms with Crippen molar-refractivity contribution in [2.75, 3.05) is 13.7 Å². The van der Waals surface area contributed by atoms with Crippen LogP contribution >= 0.6 is 15.9 Å². The Morgan fingerprint density at radius 2 is 2.31 bits per heavy atom. The number of halogens is 1. The third kappa shape index (κ3) is 2.27. The van der Waals surface area contributed by atoms with Crippen molar-refractivity contribution in [3.05, 3.63) is 33.8 Å². The first-order valence-electron chi connectivity index (χ1n) is 4.92. The van der Waals surface area contributed by atoms with Gasteiger partial charge in [-0.1, -0.05) is 6.07 Å². The van der Waals surface area contributed by atoms with E-state index in [4.69, 9.17) is 9.47 Å². The van der Waals surface area contributed by atoms with Gasteiger partial charge in [0.25, 0.3) is 0 Å². The predicted octanol–water partition coefficient (Wildman–Crippen LogP) is 2.79. The molecule has 0 saturated carbocycles. The number of rotatable bonds is 2. The number of hydrogen-bond donors (Lipinski definition) is 0. The lowest BCUT2D eigenvalue weighted by molar-refractivity contribution is -0.134. The topological polar surface area (TPSA) is 35.5 Å². The third-order valence-electron chi connectivity index (χ3n) is 2.38. The van der Waals surface area contributed by atoms with Gasteiger partial charge in [-0.05, 0) is 39.7 Å². The maximum Gasteiger partial charge on any atom is 0.334 e. The molecule has 0 spiro atoms. The molecule has 0 aromatic heterocycles. The van der Waals surface area contributed by atoms with Crippen LogP contribution in [0, 0.1) is 0 Å². The molecule has 3 nitrogen and oxygen atoms in total. The Bertz CT molecular complexity index is 452. The second-order valence-electron chi connectivity index (χ2n) is 3.45. The van der Waals surface area contributed by atoms with E-state index in [2.05, 4.69) is 15.9 Å². The molecular weight excluding hydrogens is 272 g/mol. The third-order valence-corrected chi connectivity index (χ3v) is 3.00. The molecule has 0 bridgehead atoms. The lowest BCUT2D eigenvalue weighted by Gasteiger charge is -2.03. The van der Waals surface area contributed by atoms with Crippen LogP contribution in [0.15, 0.2) is 28.2 Å². The summed E-state index contributed by atoms with van der Waals surface area (Å²) in [5, 5.41) is 0. The summed E-state index contributed by atoms with van der Waals surface area (Å²) in [6.07, 6.45) is 2.53. The van der Waals surface area contributed by atoms with Gasteiger partial charge in [-0.3, -0.25) is 0 Å². The fourth-order valence-corrected chi connectivity index (χ4v) is 2.11. The van der Waals surface area contributed by atoms with Crippen molar-refractivity contribution in [3.63, 3.8) is 0 Å². The zero-order valence-corrected chi connectivity index (χ0v) is 10.4. The molecule has 16 heavy (non-hydrogen) atoms. The lowest BCUT2D eigenvalue weighted by Crippen LogP contribution is -1.94. The van der Waals surface area contributed by atoms with Crippen molar-refractivity contribution in [1.29, 1.82) is 0 Å². The molecule has 0 unspecified atom stereocenters. The van der Waals surface area contributed by atoms with E-state index in [-0.39, 0.29) is 5.97 Å². The molecule has 1 aromatic carbocycles. The normalized spacial score (nSPS) is 17.6. The number of methoxy groups -OCH3 is 1. The summed E-state index contributed by atoms with van der Waals surface area (Å²) in [6.45, 7) is 0.488. The lowest BCUT2D eigenvalue weighted by atomic mass is 10.1. The first kappa shape index (κ1) is 11.2. The molecule has 1 fully saturated rings. The Kier molecular flexibility index (Phi) is 3.29. The molecule has 4 heteroatoms. The van der Waals surface area contributed by atoms with E-state index in [1.807, 2.05) is 24.3 Å². The zero-order valence-electron chi connectivity index (χ0n) is 8.83. The van der Waals surface area contributed by atoms with Gasteiger partial charge in [-0.15, -0.1) is 0 Å². The van der Waals surface area contributed by atoms with Crippen LogP contribution in [0.4, 0.5) is 0 Å². The minimum absolute atomic E-state index is 0.216. The smallest absolute Gasteiger partial charge is 0.334 e. The predicted molar refractivity (Wildman–Crippen MR) is 64.2 cm³/mol. The Morgan fingerprint density at radius 1 is 1.50 bits per heavy atom. The standard InChI is InChI=1S/C12H11BrO3/c1-15-11-3-2-8(7-10(11)13)6-9-4-5-16-12(9)14/h2-3,6-7H,4-5H2,1H3/b9-6+. The molecule has 0 atom stereocenters. The minimum atomic E-state index is -0.216. The van der Waals surface area contributed by atoms with Crippen LogP contribution in [0.5, 0.6) is 5.75 Å². The van der Waals surface area contributed by atoms with E-state index in [1.165, 1.54) is 0 Å². The Labute approximate surface area is 102 Å². The monoisotopic (exact) mass is 282 g/mol. The van der Waals surface area contributed by atoms with E-state index >= 15 is 0 Å². The molecule has 84 valence electrons. The van der Waals surface area contributed by atoms with Gasteiger partial charge >= 0.3 is 5.97 Å². The van der Waals surface area contributed by atoms with Crippen molar-refractivity contribution in [1.82, 2.24) is 0 Å². The molecule has 1 aliphatic rings. The van der Waals surface area contributed by atoms with Crippen LogP contribution in [-0.2, 0) is 9.53 Å². The Morgan fingerprint density at radius 3 is 2.88 bits per heavy atom. The number of carbonyl (C=O) groups is 1. The van der Waals surface area contributed by atoms with E-state index in [0.717, 1.165) is 21.4 Å². The minimum Gasteiger partial charge on any atom is -0.496 e. The zero-order chi connectivity index (χ0) is 11.5. The average Bonchev–Trinajstić information content (AvgIpc) is 2.65. The quantitative estimate of drug-likeness (QED) is 0.618. The number of carbonyl (C=O) groups excluding carboxylic acids is 1. The molecule has 1 heterocycles. The van der Waals surface area contributed by atoms with E-state index < -0.39 is 0 Å². The van der Waals surface area contributed by atoms with Gasteiger partial charge in [0.2, 0.25) is 0 Å². The summed E-state index contributed by atoms with van der Waals surface area (Å²) in [5.74, 6) is 0.558. The van der Waals surface area contributed by atoms with Gasteiger partial charge in [0.15, 0.2) is 0 Å². The number of ether oxygens (including phenoxy) is 2.